The first-order valence-corrected chi connectivity index (χ1v) is 8.15. The minimum absolute atomic E-state index is 0.188. The van der Waals surface area contributed by atoms with Crippen LogP contribution in [0.4, 0.5) is 5.69 Å². The van der Waals surface area contributed by atoms with Crippen LogP contribution >= 0.6 is 0 Å². The number of anilines is 1. The summed E-state index contributed by atoms with van der Waals surface area (Å²) in [6.45, 7) is 4.33. The minimum Gasteiger partial charge on any atom is -0.494 e. The largest absolute Gasteiger partial charge is 0.494 e. The van der Waals surface area contributed by atoms with Crippen LogP contribution < -0.4 is 20.1 Å². The molecular formula is C19H22N2O3. The zero-order chi connectivity index (χ0) is 16.9. The van der Waals surface area contributed by atoms with Gasteiger partial charge in [0, 0.05) is 5.69 Å². The summed E-state index contributed by atoms with van der Waals surface area (Å²) < 4.78 is 11.4. The van der Waals surface area contributed by atoms with E-state index in [1.54, 1.807) is 0 Å². The average molecular weight is 326 g/mol. The molecule has 0 radical (unpaired) electrons. The van der Waals surface area contributed by atoms with Crippen molar-refractivity contribution in [2.45, 2.75) is 19.4 Å². The van der Waals surface area contributed by atoms with E-state index >= 15 is 0 Å². The molecule has 2 aromatic carbocycles. The Bertz CT molecular complexity index is 677. The van der Waals surface area contributed by atoms with Gasteiger partial charge in [-0.25, -0.2) is 0 Å². The zero-order valence-corrected chi connectivity index (χ0v) is 13.8. The molecule has 126 valence electrons. The molecule has 5 heteroatoms. The van der Waals surface area contributed by atoms with Gasteiger partial charge in [0.05, 0.1) is 26.1 Å². The van der Waals surface area contributed by atoms with Gasteiger partial charge in [-0.05, 0) is 48.9 Å². The summed E-state index contributed by atoms with van der Waals surface area (Å²) in [4.78, 5) is 13.2. The second kappa shape index (κ2) is 7.25. The number of ether oxygens (including phenoxy) is 2. The predicted octanol–water partition coefficient (Wildman–Crippen LogP) is 2.38. The van der Waals surface area contributed by atoms with Crippen LogP contribution in [0.15, 0.2) is 48.5 Å². The molecule has 5 nitrogen and oxygen atoms in total. The van der Waals surface area contributed by atoms with E-state index in [0.29, 0.717) is 6.61 Å². The Balaban J connectivity index is 1.49. The third-order valence-electron chi connectivity index (χ3n) is 3.97. The lowest BCUT2D eigenvalue weighted by Crippen LogP contribution is -2.54. The molecule has 0 unspecified atom stereocenters. The molecule has 3 rings (SSSR count). The topological polar surface area (TPSA) is 64.8 Å². The second-order valence-electron chi connectivity index (χ2n) is 5.86. The van der Waals surface area contributed by atoms with Gasteiger partial charge in [0.25, 0.3) is 0 Å². The van der Waals surface area contributed by atoms with Gasteiger partial charge < -0.3 is 20.1 Å². The number of hydrogen-bond acceptors (Lipinski definition) is 4. The molecule has 1 fully saturated rings. The first-order chi connectivity index (χ1) is 11.6. The normalized spacial score (nSPS) is 14.1. The number of hydrogen-bond donors (Lipinski definition) is 1. The van der Waals surface area contributed by atoms with Crippen molar-refractivity contribution >= 4 is 11.6 Å². The van der Waals surface area contributed by atoms with Crippen LogP contribution in [0.1, 0.15) is 12.5 Å². The van der Waals surface area contributed by atoms with Gasteiger partial charge in [-0.15, -0.1) is 0 Å². The number of primary amides is 1. The van der Waals surface area contributed by atoms with Crippen molar-refractivity contribution in [1.82, 2.24) is 0 Å². The maximum atomic E-state index is 10.9. The quantitative estimate of drug-likeness (QED) is 0.848. The molecule has 1 aliphatic rings. The number of carbonyl (C=O) groups excluding carboxylic acids is 1. The molecule has 1 saturated heterocycles. The molecule has 1 heterocycles. The Labute approximate surface area is 142 Å². The van der Waals surface area contributed by atoms with Crippen molar-refractivity contribution in [3.63, 3.8) is 0 Å². The fourth-order valence-corrected chi connectivity index (χ4v) is 2.72. The molecule has 0 aromatic heterocycles. The fraction of sp³-hybridized carbons (Fsp3) is 0.316. The lowest BCUT2D eigenvalue weighted by Gasteiger charge is -2.40. The zero-order valence-electron chi connectivity index (χ0n) is 13.8. The number of amides is 1. The van der Waals surface area contributed by atoms with Gasteiger partial charge in [-0.2, -0.15) is 0 Å². The van der Waals surface area contributed by atoms with Crippen LogP contribution in [0.5, 0.6) is 11.5 Å². The maximum absolute atomic E-state index is 10.9. The Kier molecular flexibility index (Phi) is 4.89. The maximum Gasteiger partial charge on any atom is 0.221 e. The minimum atomic E-state index is -0.310. The fourth-order valence-electron chi connectivity index (χ4n) is 2.72. The van der Waals surface area contributed by atoms with Gasteiger partial charge >= 0.3 is 0 Å². The molecule has 2 N–H and O–H groups in total. The van der Waals surface area contributed by atoms with E-state index in [1.807, 2.05) is 55.5 Å². The van der Waals surface area contributed by atoms with E-state index in [9.17, 15) is 4.79 Å². The monoisotopic (exact) mass is 326 g/mol. The number of carbonyl (C=O) groups is 1. The molecular weight excluding hydrogens is 304 g/mol. The first kappa shape index (κ1) is 16.2. The summed E-state index contributed by atoms with van der Waals surface area (Å²) in [6.07, 6.45) is 0.470. The van der Waals surface area contributed by atoms with Crippen molar-refractivity contribution < 1.29 is 14.3 Å². The predicted molar refractivity (Wildman–Crippen MR) is 93.6 cm³/mol. The lowest BCUT2D eigenvalue weighted by molar-refractivity contribution is -0.117. The highest BCUT2D eigenvalue weighted by molar-refractivity contribution is 5.76. The summed E-state index contributed by atoms with van der Waals surface area (Å²) in [5.74, 6) is 1.41. The van der Waals surface area contributed by atoms with E-state index in [4.69, 9.17) is 15.2 Å². The van der Waals surface area contributed by atoms with Crippen LogP contribution in [0.2, 0.25) is 0 Å². The second-order valence-corrected chi connectivity index (χ2v) is 5.86. The van der Waals surface area contributed by atoms with Crippen LogP contribution in [-0.4, -0.2) is 31.7 Å². The molecule has 0 aliphatic carbocycles. The first-order valence-electron chi connectivity index (χ1n) is 8.15. The molecule has 0 spiro atoms. The third kappa shape index (κ3) is 3.98. The molecule has 0 atom stereocenters. The highest BCUT2D eigenvalue weighted by atomic mass is 16.5. The van der Waals surface area contributed by atoms with E-state index in [1.165, 1.54) is 0 Å². The van der Waals surface area contributed by atoms with Gasteiger partial charge in [0.15, 0.2) is 0 Å². The average Bonchev–Trinajstić information content (AvgIpc) is 2.53. The van der Waals surface area contributed by atoms with E-state index < -0.39 is 0 Å². The van der Waals surface area contributed by atoms with Gasteiger partial charge in [-0.3, -0.25) is 4.79 Å². The Morgan fingerprint density at radius 3 is 2.29 bits per heavy atom. The van der Waals surface area contributed by atoms with Gasteiger partial charge in [0.2, 0.25) is 5.91 Å². The number of benzene rings is 2. The number of nitrogens with two attached hydrogens (primary N) is 1. The Hall–Kier alpha value is -2.69. The number of nitrogens with zero attached hydrogens (tertiary/aromatic N) is 1. The molecule has 0 bridgehead atoms. The van der Waals surface area contributed by atoms with E-state index in [-0.39, 0.29) is 18.4 Å². The lowest BCUT2D eigenvalue weighted by atomic mass is 10.1. The van der Waals surface area contributed by atoms with Crippen LogP contribution in [0, 0.1) is 0 Å². The van der Waals surface area contributed by atoms with Crippen molar-refractivity contribution in [3.8, 4) is 11.5 Å². The van der Waals surface area contributed by atoms with Gasteiger partial charge in [-0.1, -0.05) is 12.1 Å². The number of rotatable bonds is 7. The Morgan fingerprint density at radius 2 is 1.71 bits per heavy atom. The SMILES string of the molecule is CCOc1ccc(OC2CN(c3ccc(CC(N)=O)cc3)C2)cc1. The summed E-state index contributed by atoms with van der Waals surface area (Å²) in [5, 5.41) is 0. The van der Waals surface area contributed by atoms with Crippen LogP contribution in [0.25, 0.3) is 0 Å². The smallest absolute Gasteiger partial charge is 0.221 e. The summed E-state index contributed by atoms with van der Waals surface area (Å²) in [6, 6.07) is 15.6. The van der Waals surface area contributed by atoms with Crippen LogP contribution in [-0.2, 0) is 11.2 Å². The molecule has 24 heavy (non-hydrogen) atoms. The van der Waals surface area contributed by atoms with Crippen LogP contribution in [0.3, 0.4) is 0 Å². The van der Waals surface area contributed by atoms with Crippen molar-refractivity contribution in [2.75, 3.05) is 24.6 Å². The third-order valence-corrected chi connectivity index (χ3v) is 3.97. The van der Waals surface area contributed by atoms with E-state index in [2.05, 4.69) is 4.90 Å². The molecule has 0 saturated carbocycles. The molecule has 1 amide bonds. The molecule has 1 aliphatic heterocycles. The highest BCUT2D eigenvalue weighted by Crippen LogP contribution is 2.25. The summed E-state index contributed by atoms with van der Waals surface area (Å²) in [7, 11) is 0. The summed E-state index contributed by atoms with van der Waals surface area (Å²) in [5.41, 5.74) is 7.28. The standard InChI is InChI=1S/C19H22N2O3/c1-2-23-16-7-9-17(10-8-16)24-18-12-21(13-18)15-5-3-14(4-6-15)11-19(20)22/h3-10,18H,2,11-13H2,1H3,(H2,20,22). The molecule has 2 aromatic rings. The summed E-state index contributed by atoms with van der Waals surface area (Å²) >= 11 is 0. The van der Waals surface area contributed by atoms with Gasteiger partial charge in [0.1, 0.15) is 17.6 Å². The van der Waals surface area contributed by atoms with Crippen molar-refractivity contribution in [3.05, 3.63) is 54.1 Å². The Morgan fingerprint density at radius 1 is 1.08 bits per heavy atom. The van der Waals surface area contributed by atoms with E-state index in [0.717, 1.165) is 35.8 Å². The van der Waals surface area contributed by atoms with Crippen molar-refractivity contribution in [2.24, 2.45) is 5.73 Å². The van der Waals surface area contributed by atoms with Crippen molar-refractivity contribution in [1.29, 1.82) is 0 Å². The highest BCUT2D eigenvalue weighted by Gasteiger charge is 2.28.